The number of nitriles is 1. The number of aromatic nitrogens is 2. The monoisotopic (exact) mass is 465 g/mol. The molecule has 1 aromatic carbocycles. The van der Waals surface area contributed by atoms with E-state index in [1.165, 1.54) is 35.9 Å². The predicted octanol–water partition coefficient (Wildman–Crippen LogP) is 5.05. The van der Waals surface area contributed by atoms with Gasteiger partial charge in [-0.1, -0.05) is 32.6 Å². The van der Waals surface area contributed by atoms with Crippen LogP contribution in [0.5, 0.6) is 0 Å². The number of benzene rings is 1. The van der Waals surface area contributed by atoms with Crippen LogP contribution in [0.4, 0.5) is 8.78 Å². The minimum atomic E-state index is -0.710. The summed E-state index contributed by atoms with van der Waals surface area (Å²) < 4.78 is 30.9. The number of rotatable bonds is 6. The van der Waals surface area contributed by atoms with Crippen molar-refractivity contribution in [3.63, 3.8) is 0 Å². The molecule has 1 aromatic heterocycles. The Labute approximate surface area is 198 Å². The van der Waals surface area contributed by atoms with Gasteiger partial charge in [0.2, 0.25) is 0 Å². The van der Waals surface area contributed by atoms with Gasteiger partial charge < -0.3 is 10.6 Å². The van der Waals surface area contributed by atoms with E-state index in [0.717, 1.165) is 12.8 Å². The van der Waals surface area contributed by atoms with Crippen molar-refractivity contribution in [3.8, 4) is 17.3 Å². The lowest BCUT2D eigenvalue weighted by Gasteiger charge is -2.30. The Morgan fingerprint density at radius 3 is 2.71 bits per heavy atom. The molecule has 1 saturated heterocycles. The maximum absolute atomic E-state index is 15.3. The third-order valence-electron chi connectivity index (χ3n) is 5.92. The Balaban J connectivity index is 2.14. The molecule has 8 heteroatoms. The van der Waals surface area contributed by atoms with Crippen LogP contribution in [0.1, 0.15) is 49.7 Å². The van der Waals surface area contributed by atoms with Gasteiger partial charge in [-0.2, -0.15) is 10.4 Å². The number of hydrogen-bond acceptors (Lipinski definition) is 4. The van der Waals surface area contributed by atoms with Gasteiger partial charge in [0, 0.05) is 24.7 Å². The number of nitrogens with zero attached hydrogens (tertiary/aromatic N) is 4. The molecule has 0 unspecified atom stereocenters. The van der Waals surface area contributed by atoms with Crippen LogP contribution in [-0.4, -0.2) is 39.7 Å². The molecular weight excluding hydrogens is 436 g/mol. The normalized spacial score (nSPS) is 17.4. The van der Waals surface area contributed by atoms with Crippen LogP contribution in [0.2, 0.25) is 0 Å². The SMILES string of the molecule is C=C/C(=C\C(F)=C(/C)n1nc(C(=O)N2CCC[C@@H](N)C2)cc1-c1ccc(C#N)c(F)c1)C(C)C. The van der Waals surface area contributed by atoms with E-state index in [0.29, 0.717) is 29.9 Å². The molecule has 1 aliphatic heterocycles. The first-order valence-electron chi connectivity index (χ1n) is 11.2. The molecule has 2 N–H and O–H groups in total. The van der Waals surface area contributed by atoms with Crippen molar-refractivity contribution < 1.29 is 13.6 Å². The van der Waals surface area contributed by atoms with Crippen LogP contribution in [-0.2, 0) is 0 Å². The molecule has 1 atom stereocenters. The van der Waals surface area contributed by atoms with Crippen molar-refractivity contribution in [1.82, 2.24) is 14.7 Å². The van der Waals surface area contributed by atoms with E-state index in [4.69, 9.17) is 11.0 Å². The molecule has 34 heavy (non-hydrogen) atoms. The third kappa shape index (κ3) is 5.32. The molecule has 1 amide bonds. The Morgan fingerprint density at radius 1 is 1.38 bits per heavy atom. The average molecular weight is 466 g/mol. The minimum absolute atomic E-state index is 0.0567. The van der Waals surface area contributed by atoms with Gasteiger partial charge in [0.1, 0.15) is 17.7 Å². The molecule has 1 aliphatic rings. The highest BCUT2D eigenvalue weighted by molar-refractivity contribution is 5.94. The smallest absolute Gasteiger partial charge is 0.274 e. The van der Waals surface area contributed by atoms with Gasteiger partial charge in [-0.15, -0.1) is 0 Å². The standard InChI is InChI=1S/C26H29F2N5O/c1-5-18(16(2)3)11-22(27)17(4)33-25(19-8-9-20(14-29)23(28)12-19)13-24(31-33)26(34)32-10-6-7-21(30)15-32/h5,8-9,11-13,16,21H,1,6-7,10,15,30H2,2-4H3/b18-11+,22-17-/t21-/m1/s1. The quantitative estimate of drug-likeness (QED) is 0.605. The van der Waals surface area contributed by atoms with Gasteiger partial charge in [-0.05, 0) is 55.5 Å². The number of carbonyl (C=O) groups excluding carboxylic acids is 1. The molecule has 6 nitrogen and oxygen atoms in total. The number of piperidine rings is 1. The lowest BCUT2D eigenvalue weighted by molar-refractivity contribution is 0.0702. The zero-order chi connectivity index (χ0) is 25.0. The molecule has 0 spiro atoms. The summed E-state index contributed by atoms with van der Waals surface area (Å²) in [6.45, 7) is 10.1. The van der Waals surface area contributed by atoms with Gasteiger partial charge in [0.15, 0.2) is 5.69 Å². The van der Waals surface area contributed by atoms with Crippen molar-refractivity contribution in [1.29, 1.82) is 5.26 Å². The van der Waals surface area contributed by atoms with Crippen molar-refractivity contribution in [2.45, 2.75) is 39.7 Å². The molecule has 0 radical (unpaired) electrons. The molecule has 0 bridgehead atoms. The van der Waals surface area contributed by atoms with E-state index >= 15 is 4.39 Å². The Hall–Kier alpha value is -3.57. The summed E-state index contributed by atoms with van der Waals surface area (Å²) in [5, 5.41) is 13.5. The number of hydrogen-bond donors (Lipinski definition) is 1. The summed E-state index contributed by atoms with van der Waals surface area (Å²) in [6, 6.07) is 7.26. The first-order chi connectivity index (χ1) is 16.2. The molecule has 178 valence electrons. The molecule has 0 aliphatic carbocycles. The summed E-state index contributed by atoms with van der Waals surface area (Å²) >= 11 is 0. The van der Waals surface area contributed by atoms with Gasteiger partial charge in [-0.3, -0.25) is 4.79 Å². The van der Waals surface area contributed by atoms with E-state index < -0.39 is 11.6 Å². The van der Waals surface area contributed by atoms with Crippen molar-refractivity contribution >= 4 is 11.6 Å². The minimum Gasteiger partial charge on any atom is -0.336 e. The van der Waals surface area contributed by atoms with Gasteiger partial charge in [0.25, 0.3) is 5.91 Å². The summed E-state index contributed by atoms with van der Waals surface area (Å²) in [4.78, 5) is 14.8. The van der Waals surface area contributed by atoms with Crippen molar-refractivity contribution in [2.24, 2.45) is 11.7 Å². The van der Waals surface area contributed by atoms with E-state index in [9.17, 15) is 9.18 Å². The van der Waals surface area contributed by atoms with Crippen LogP contribution >= 0.6 is 0 Å². The van der Waals surface area contributed by atoms with E-state index in [1.54, 1.807) is 23.1 Å². The van der Waals surface area contributed by atoms with Crippen molar-refractivity contribution in [2.75, 3.05) is 13.1 Å². The van der Waals surface area contributed by atoms with Crippen molar-refractivity contribution in [3.05, 3.63) is 71.5 Å². The van der Waals surface area contributed by atoms with Gasteiger partial charge in [0.05, 0.1) is 17.0 Å². The third-order valence-corrected chi connectivity index (χ3v) is 5.92. The highest BCUT2D eigenvalue weighted by Crippen LogP contribution is 2.29. The Morgan fingerprint density at radius 2 is 2.12 bits per heavy atom. The number of carbonyl (C=O) groups is 1. The zero-order valence-corrected chi connectivity index (χ0v) is 19.7. The number of halogens is 2. The fraction of sp³-hybridized carbons (Fsp3) is 0.346. The maximum Gasteiger partial charge on any atom is 0.274 e. The van der Waals surface area contributed by atoms with E-state index in [1.807, 2.05) is 13.8 Å². The molecule has 0 saturated carbocycles. The van der Waals surface area contributed by atoms with Gasteiger partial charge >= 0.3 is 0 Å². The maximum atomic E-state index is 15.3. The molecule has 2 heterocycles. The predicted molar refractivity (Wildman–Crippen MR) is 129 cm³/mol. The molecule has 3 rings (SSSR count). The summed E-state index contributed by atoms with van der Waals surface area (Å²) in [5.74, 6) is -1.53. The number of amides is 1. The van der Waals surface area contributed by atoms with Crippen LogP contribution in [0.25, 0.3) is 17.0 Å². The average Bonchev–Trinajstić information content (AvgIpc) is 3.26. The second-order valence-electron chi connectivity index (χ2n) is 8.72. The first-order valence-corrected chi connectivity index (χ1v) is 11.2. The van der Waals surface area contributed by atoms with Crippen LogP contribution in [0, 0.1) is 23.1 Å². The molecular formula is C26H29F2N5O. The fourth-order valence-electron chi connectivity index (χ4n) is 3.88. The number of likely N-dealkylation sites (tertiary alicyclic amines) is 1. The number of nitrogens with two attached hydrogens (primary N) is 1. The lowest BCUT2D eigenvalue weighted by atomic mass is 10.0. The molecule has 2 aromatic rings. The summed E-state index contributed by atoms with van der Waals surface area (Å²) in [5.41, 5.74) is 7.56. The second kappa shape index (κ2) is 10.6. The molecule has 1 fully saturated rings. The lowest BCUT2D eigenvalue weighted by Crippen LogP contribution is -2.45. The van der Waals surface area contributed by atoms with Crippen LogP contribution in [0.15, 0.2) is 54.4 Å². The highest BCUT2D eigenvalue weighted by atomic mass is 19.1. The largest absolute Gasteiger partial charge is 0.336 e. The second-order valence-corrected chi connectivity index (χ2v) is 8.72. The first kappa shape index (κ1) is 25.1. The van der Waals surface area contributed by atoms with E-state index in [2.05, 4.69) is 11.7 Å². The summed E-state index contributed by atoms with van der Waals surface area (Å²) in [7, 11) is 0. The Kier molecular flexibility index (Phi) is 7.79. The van der Waals surface area contributed by atoms with Crippen LogP contribution < -0.4 is 5.73 Å². The fourth-order valence-corrected chi connectivity index (χ4v) is 3.88. The zero-order valence-electron chi connectivity index (χ0n) is 19.7. The topological polar surface area (TPSA) is 87.9 Å². The Bertz CT molecular complexity index is 1200. The van der Waals surface area contributed by atoms with Crippen LogP contribution in [0.3, 0.4) is 0 Å². The van der Waals surface area contributed by atoms with Gasteiger partial charge in [-0.25, -0.2) is 13.5 Å². The summed E-state index contributed by atoms with van der Waals surface area (Å²) in [6.07, 6.45) is 4.60. The highest BCUT2D eigenvalue weighted by Gasteiger charge is 2.26. The number of allylic oxidation sites excluding steroid dienone is 5. The van der Waals surface area contributed by atoms with E-state index in [-0.39, 0.29) is 34.8 Å².